The van der Waals surface area contributed by atoms with Gasteiger partial charge in [0, 0.05) is 30.7 Å². The van der Waals surface area contributed by atoms with E-state index in [2.05, 4.69) is 21.3 Å². The summed E-state index contributed by atoms with van der Waals surface area (Å²) in [5.41, 5.74) is 2.12. The largest absolute Gasteiger partial charge is 0.463 e. The maximum Gasteiger partial charge on any atom is 0.152 e. The SMILES string of the molecule is Cc1nc(-c2ccco2)cc([C@@H]2CN3CC[C@H]2C[C@@H]3CNCC2CCCCC2)n1. The number of nitrogens with one attached hydrogen (secondary N) is 1. The van der Waals surface area contributed by atoms with Crippen LogP contribution in [0.5, 0.6) is 0 Å². The highest BCUT2D eigenvalue weighted by Gasteiger charge is 2.41. The lowest BCUT2D eigenvalue weighted by atomic mass is 9.74. The van der Waals surface area contributed by atoms with Crippen LogP contribution in [0.25, 0.3) is 11.5 Å². The average molecular weight is 395 g/mol. The lowest BCUT2D eigenvalue weighted by Crippen LogP contribution is -2.55. The first-order valence-electron chi connectivity index (χ1n) is 11.6. The van der Waals surface area contributed by atoms with Gasteiger partial charge in [-0.15, -0.1) is 0 Å². The van der Waals surface area contributed by atoms with E-state index >= 15 is 0 Å². The third-order valence-electron chi connectivity index (χ3n) is 7.43. The second kappa shape index (κ2) is 8.57. The molecule has 0 radical (unpaired) electrons. The standard InChI is InChI=1S/C24H34N4O/c1-17-26-22(13-23(27-17)24-8-5-11-29-24)21-16-28-10-9-19(21)12-20(28)15-25-14-18-6-3-2-4-7-18/h5,8,11,13,18-21,25H,2-4,6-7,9-10,12,14-16H2,1H3/t19-,20+,21+/m0/s1. The van der Waals surface area contributed by atoms with E-state index in [4.69, 9.17) is 9.40 Å². The van der Waals surface area contributed by atoms with Crippen LogP contribution in [0.15, 0.2) is 28.9 Å². The van der Waals surface area contributed by atoms with Gasteiger partial charge in [0.05, 0.1) is 6.26 Å². The molecule has 5 heteroatoms. The van der Waals surface area contributed by atoms with Crippen molar-refractivity contribution in [2.75, 3.05) is 26.2 Å². The van der Waals surface area contributed by atoms with E-state index in [1.54, 1.807) is 6.26 Å². The molecule has 3 saturated heterocycles. The number of aryl methyl sites for hydroxylation is 1. The molecule has 156 valence electrons. The normalized spacial score (nSPS) is 30.0. The van der Waals surface area contributed by atoms with Crippen LogP contribution >= 0.6 is 0 Å². The highest BCUT2D eigenvalue weighted by Crippen LogP contribution is 2.41. The molecule has 1 saturated carbocycles. The van der Waals surface area contributed by atoms with Crippen LogP contribution in [-0.2, 0) is 0 Å². The highest BCUT2D eigenvalue weighted by atomic mass is 16.3. The third-order valence-corrected chi connectivity index (χ3v) is 7.43. The van der Waals surface area contributed by atoms with Crippen LogP contribution in [0.4, 0.5) is 0 Å². The summed E-state index contributed by atoms with van der Waals surface area (Å²) < 4.78 is 5.58. The second-order valence-electron chi connectivity index (χ2n) is 9.40. The summed E-state index contributed by atoms with van der Waals surface area (Å²) in [4.78, 5) is 12.2. The Balaban J connectivity index is 1.22. The lowest BCUT2D eigenvalue weighted by molar-refractivity contribution is 0.0288. The fourth-order valence-electron chi connectivity index (χ4n) is 5.86. The van der Waals surface area contributed by atoms with Gasteiger partial charge in [-0.1, -0.05) is 19.3 Å². The summed E-state index contributed by atoms with van der Waals surface area (Å²) in [5.74, 6) is 3.85. The van der Waals surface area contributed by atoms with Crippen molar-refractivity contribution < 1.29 is 4.42 Å². The van der Waals surface area contributed by atoms with Crippen LogP contribution in [0.2, 0.25) is 0 Å². The third kappa shape index (κ3) is 4.26. The van der Waals surface area contributed by atoms with Crippen LogP contribution in [0.1, 0.15) is 62.4 Å². The summed E-state index contributed by atoms with van der Waals surface area (Å²) in [6.45, 7) is 6.74. The number of furan rings is 1. The maximum absolute atomic E-state index is 5.58. The first-order chi connectivity index (χ1) is 14.3. The number of aromatic nitrogens is 2. The van der Waals surface area contributed by atoms with Gasteiger partial charge in [-0.2, -0.15) is 0 Å². The minimum absolute atomic E-state index is 0.522. The molecule has 2 aromatic heterocycles. The first-order valence-corrected chi connectivity index (χ1v) is 11.6. The quantitative estimate of drug-likeness (QED) is 0.787. The monoisotopic (exact) mass is 394 g/mol. The van der Waals surface area contributed by atoms with Crippen LogP contribution in [0.3, 0.4) is 0 Å². The zero-order chi connectivity index (χ0) is 19.6. The molecule has 1 unspecified atom stereocenters. The fourth-order valence-corrected chi connectivity index (χ4v) is 5.86. The van der Waals surface area contributed by atoms with E-state index in [0.717, 1.165) is 42.2 Å². The maximum atomic E-state index is 5.58. The van der Waals surface area contributed by atoms with E-state index in [9.17, 15) is 0 Å². The predicted octanol–water partition coefficient (Wildman–Crippen LogP) is 4.39. The molecule has 4 atom stereocenters. The van der Waals surface area contributed by atoms with Gasteiger partial charge >= 0.3 is 0 Å². The van der Waals surface area contributed by atoms with Gasteiger partial charge in [0.2, 0.25) is 0 Å². The number of rotatable bonds is 6. The summed E-state index contributed by atoms with van der Waals surface area (Å²) in [6, 6.07) is 6.76. The molecular weight excluding hydrogens is 360 g/mol. The molecule has 3 aliphatic heterocycles. The Labute approximate surface area is 174 Å². The van der Waals surface area contributed by atoms with Crippen molar-refractivity contribution >= 4 is 0 Å². The Morgan fingerprint density at radius 1 is 1.14 bits per heavy atom. The van der Waals surface area contributed by atoms with Crippen molar-refractivity contribution in [3.05, 3.63) is 36.0 Å². The zero-order valence-electron chi connectivity index (χ0n) is 17.6. The number of hydrogen-bond donors (Lipinski definition) is 1. The summed E-state index contributed by atoms with van der Waals surface area (Å²) >= 11 is 0. The first kappa shape index (κ1) is 19.3. The molecular formula is C24H34N4O. The summed E-state index contributed by atoms with van der Waals surface area (Å²) in [5, 5.41) is 3.82. The van der Waals surface area contributed by atoms with Crippen LogP contribution in [0, 0.1) is 18.8 Å². The van der Waals surface area contributed by atoms with E-state index in [1.165, 1.54) is 63.7 Å². The zero-order valence-corrected chi connectivity index (χ0v) is 17.6. The van der Waals surface area contributed by atoms with E-state index in [1.807, 2.05) is 19.1 Å². The molecule has 2 aromatic rings. The van der Waals surface area contributed by atoms with Crippen molar-refractivity contribution in [1.82, 2.24) is 20.2 Å². The van der Waals surface area contributed by atoms with Gasteiger partial charge in [0.1, 0.15) is 11.5 Å². The smallest absolute Gasteiger partial charge is 0.152 e. The Morgan fingerprint density at radius 2 is 2.03 bits per heavy atom. The molecule has 2 bridgehead atoms. The number of fused-ring (bicyclic) bond motifs is 3. The topological polar surface area (TPSA) is 54.2 Å². The molecule has 29 heavy (non-hydrogen) atoms. The molecule has 4 aliphatic rings. The number of nitrogens with zero attached hydrogens (tertiary/aromatic N) is 3. The second-order valence-corrected chi connectivity index (χ2v) is 9.40. The van der Waals surface area contributed by atoms with E-state index in [-0.39, 0.29) is 0 Å². The molecule has 5 heterocycles. The lowest BCUT2D eigenvalue weighted by Gasteiger charge is -2.50. The minimum atomic E-state index is 0.522. The van der Waals surface area contributed by atoms with Gasteiger partial charge in [-0.25, -0.2) is 9.97 Å². The van der Waals surface area contributed by atoms with Gasteiger partial charge in [-0.3, -0.25) is 4.90 Å². The van der Waals surface area contributed by atoms with E-state index < -0.39 is 0 Å². The van der Waals surface area contributed by atoms with Crippen molar-refractivity contribution in [2.45, 2.75) is 63.8 Å². The Hall–Kier alpha value is -1.72. The summed E-state index contributed by atoms with van der Waals surface area (Å²) in [6.07, 6.45) is 11.5. The summed E-state index contributed by atoms with van der Waals surface area (Å²) in [7, 11) is 0. The van der Waals surface area contributed by atoms with Crippen molar-refractivity contribution in [3.63, 3.8) is 0 Å². The molecule has 5 nitrogen and oxygen atoms in total. The molecule has 1 N–H and O–H groups in total. The molecule has 4 fully saturated rings. The van der Waals surface area contributed by atoms with Gasteiger partial charge < -0.3 is 9.73 Å². The van der Waals surface area contributed by atoms with Crippen molar-refractivity contribution in [1.29, 1.82) is 0 Å². The van der Waals surface area contributed by atoms with Crippen molar-refractivity contribution in [3.8, 4) is 11.5 Å². The Bertz CT molecular complexity index is 799. The fraction of sp³-hybridized carbons (Fsp3) is 0.667. The molecule has 0 spiro atoms. The van der Waals surface area contributed by atoms with E-state index in [0.29, 0.717) is 12.0 Å². The molecule has 6 rings (SSSR count). The van der Waals surface area contributed by atoms with Gasteiger partial charge in [-0.05, 0) is 75.7 Å². The minimum Gasteiger partial charge on any atom is -0.463 e. The predicted molar refractivity (Wildman–Crippen MR) is 115 cm³/mol. The highest BCUT2D eigenvalue weighted by molar-refractivity contribution is 5.52. The number of piperidine rings is 3. The van der Waals surface area contributed by atoms with Gasteiger partial charge in [0.25, 0.3) is 0 Å². The average Bonchev–Trinajstić information content (AvgIpc) is 3.30. The van der Waals surface area contributed by atoms with Crippen LogP contribution < -0.4 is 5.32 Å². The van der Waals surface area contributed by atoms with Gasteiger partial charge in [0.15, 0.2) is 5.76 Å². The number of hydrogen-bond acceptors (Lipinski definition) is 5. The Kier molecular flexibility index (Phi) is 5.69. The van der Waals surface area contributed by atoms with Crippen LogP contribution in [-0.4, -0.2) is 47.1 Å². The molecule has 1 aliphatic carbocycles. The molecule has 0 amide bonds. The molecule has 0 aromatic carbocycles. The Morgan fingerprint density at radius 3 is 2.79 bits per heavy atom. The van der Waals surface area contributed by atoms with Crippen molar-refractivity contribution in [2.24, 2.45) is 11.8 Å².